The first kappa shape index (κ1) is 12.2. The third-order valence-electron chi connectivity index (χ3n) is 2.60. The molecule has 0 saturated heterocycles. The van der Waals surface area contributed by atoms with Crippen LogP contribution in [-0.4, -0.2) is 17.5 Å². The van der Waals surface area contributed by atoms with Gasteiger partial charge in [0.25, 0.3) is 0 Å². The molecule has 1 aromatic heterocycles. The van der Waals surface area contributed by atoms with Crippen molar-refractivity contribution in [2.45, 2.75) is 25.8 Å². The lowest BCUT2D eigenvalue weighted by Crippen LogP contribution is -2.31. The van der Waals surface area contributed by atoms with E-state index in [4.69, 9.17) is 0 Å². The summed E-state index contributed by atoms with van der Waals surface area (Å²) in [6.07, 6.45) is -2.67. The van der Waals surface area contributed by atoms with Gasteiger partial charge < -0.3 is 4.23 Å². The van der Waals surface area contributed by atoms with Gasteiger partial charge in [0, 0.05) is 0 Å². The zero-order valence-corrected chi connectivity index (χ0v) is 10.8. The van der Waals surface area contributed by atoms with Crippen LogP contribution in [0, 0.1) is 0 Å². The standard InChI is InChI=1S/C11H13F3N2Si/c1-17(2,3)16-7-15-9-5-4-8(6-10(9)16)11(12,13)14/h4-7H,1-3H3. The van der Waals surface area contributed by atoms with Gasteiger partial charge in [-0.1, -0.05) is 19.6 Å². The second kappa shape index (κ2) is 3.59. The molecule has 0 bridgehead atoms. The number of benzene rings is 1. The topological polar surface area (TPSA) is 17.8 Å². The molecule has 0 N–H and O–H groups in total. The lowest BCUT2D eigenvalue weighted by Gasteiger charge is -2.19. The number of aromatic nitrogens is 2. The molecule has 2 aromatic rings. The minimum absolute atomic E-state index is 0.569. The number of fused-ring (bicyclic) bond motifs is 1. The van der Waals surface area contributed by atoms with E-state index in [0.29, 0.717) is 11.0 Å². The normalized spacial score (nSPS) is 13.3. The number of hydrogen-bond donors (Lipinski definition) is 0. The fourth-order valence-electron chi connectivity index (χ4n) is 1.72. The summed E-state index contributed by atoms with van der Waals surface area (Å²) in [4.78, 5) is 4.14. The zero-order valence-electron chi connectivity index (χ0n) is 9.84. The number of rotatable bonds is 1. The first-order valence-electron chi connectivity index (χ1n) is 5.24. The molecule has 0 aliphatic rings. The molecule has 0 amide bonds. The van der Waals surface area contributed by atoms with E-state index in [2.05, 4.69) is 24.6 Å². The molecule has 2 nitrogen and oxygen atoms in total. The van der Waals surface area contributed by atoms with E-state index in [1.165, 1.54) is 12.1 Å². The fraction of sp³-hybridized carbons (Fsp3) is 0.364. The molecule has 0 spiro atoms. The molecule has 92 valence electrons. The maximum absolute atomic E-state index is 12.6. The summed E-state index contributed by atoms with van der Waals surface area (Å²) < 4.78 is 39.8. The molecule has 0 unspecified atom stereocenters. The second-order valence-corrected chi connectivity index (χ2v) is 9.81. The maximum atomic E-state index is 12.6. The molecule has 0 atom stereocenters. The van der Waals surface area contributed by atoms with Gasteiger partial charge >= 0.3 is 6.18 Å². The highest BCUT2D eigenvalue weighted by Crippen LogP contribution is 2.31. The smallest absolute Gasteiger partial charge is 0.359 e. The van der Waals surface area contributed by atoms with Crippen molar-refractivity contribution < 1.29 is 13.2 Å². The molecule has 1 heterocycles. The Kier molecular flexibility index (Phi) is 2.57. The number of hydrogen-bond acceptors (Lipinski definition) is 1. The molecule has 0 radical (unpaired) electrons. The highest BCUT2D eigenvalue weighted by molar-refractivity contribution is 6.75. The largest absolute Gasteiger partial charge is 0.416 e. The lowest BCUT2D eigenvalue weighted by molar-refractivity contribution is -0.137. The van der Waals surface area contributed by atoms with Crippen LogP contribution in [0.25, 0.3) is 11.0 Å². The van der Waals surface area contributed by atoms with Crippen LogP contribution in [0.1, 0.15) is 5.56 Å². The molecular weight excluding hydrogens is 245 g/mol. The summed E-state index contributed by atoms with van der Waals surface area (Å²) in [5.41, 5.74) is 0.560. The Bertz CT molecular complexity index is 552. The molecular formula is C11H13F3N2Si. The molecule has 6 heteroatoms. The number of alkyl halides is 3. The monoisotopic (exact) mass is 258 g/mol. The van der Waals surface area contributed by atoms with Gasteiger partial charge in [0.2, 0.25) is 0 Å². The first-order valence-corrected chi connectivity index (χ1v) is 8.69. The van der Waals surface area contributed by atoms with Crippen LogP contribution < -0.4 is 0 Å². The third-order valence-corrected chi connectivity index (χ3v) is 4.40. The molecule has 0 aliphatic carbocycles. The highest BCUT2D eigenvalue weighted by atomic mass is 28.3. The number of imidazole rings is 1. The Balaban J connectivity index is 2.67. The average molecular weight is 258 g/mol. The Morgan fingerprint density at radius 1 is 1.18 bits per heavy atom. The predicted octanol–water partition coefficient (Wildman–Crippen LogP) is 3.74. The lowest BCUT2D eigenvalue weighted by atomic mass is 10.2. The van der Waals surface area contributed by atoms with Gasteiger partial charge in [0.05, 0.1) is 22.9 Å². The van der Waals surface area contributed by atoms with Gasteiger partial charge in [-0.25, -0.2) is 4.98 Å². The molecule has 0 saturated carbocycles. The van der Waals surface area contributed by atoms with Crippen molar-refractivity contribution in [1.82, 2.24) is 9.22 Å². The summed E-state index contributed by atoms with van der Waals surface area (Å²) in [5.74, 6) is 0. The fourth-order valence-corrected chi connectivity index (χ4v) is 3.02. The third kappa shape index (κ3) is 2.22. The van der Waals surface area contributed by atoms with E-state index in [9.17, 15) is 13.2 Å². The van der Waals surface area contributed by atoms with Crippen LogP contribution in [0.15, 0.2) is 24.5 Å². The van der Waals surface area contributed by atoms with E-state index in [1.807, 2.05) is 4.23 Å². The van der Waals surface area contributed by atoms with Gasteiger partial charge in [-0.05, 0) is 18.2 Å². The average Bonchev–Trinajstić information content (AvgIpc) is 2.57. The van der Waals surface area contributed by atoms with Gasteiger partial charge in [0.15, 0.2) is 8.24 Å². The number of halogens is 3. The summed E-state index contributed by atoms with van der Waals surface area (Å²) in [6.45, 7) is 6.19. The molecule has 0 aliphatic heterocycles. The van der Waals surface area contributed by atoms with Crippen LogP contribution in [0.5, 0.6) is 0 Å². The maximum Gasteiger partial charge on any atom is 0.416 e. The van der Waals surface area contributed by atoms with Crippen LogP contribution in [0.2, 0.25) is 19.6 Å². The highest BCUT2D eigenvalue weighted by Gasteiger charge is 2.31. The second-order valence-electron chi connectivity index (χ2n) is 4.99. The van der Waals surface area contributed by atoms with Crippen molar-refractivity contribution in [1.29, 1.82) is 0 Å². The Hall–Kier alpha value is -1.30. The SMILES string of the molecule is C[Si](C)(C)n1cnc2ccc(C(F)(F)F)cc21. The Labute approximate surface area is 98.2 Å². The molecule has 2 rings (SSSR count). The number of nitrogens with zero attached hydrogens (tertiary/aromatic N) is 2. The van der Waals surface area contributed by atoms with Gasteiger partial charge in [0.1, 0.15) is 0 Å². The minimum Gasteiger partial charge on any atom is -0.359 e. The summed E-state index contributed by atoms with van der Waals surface area (Å²) >= 11 is 0. The van der Waals surface area contributed by atoms with Crippen LogP contribution >= 0.6 is 0 Å². The van der Waals surface area contributed by atoms with Crippen molar-refractivity contribution in [2.24, 2.45) is 0 Å². The van der Waals surface area contributed by atoms with E-state index >= 15 is 0 Å². The van der Waals surface area contributed by atoms with Crippen molar-refractivity contribution in [3.8, 4) is 0 Å². The van der Waals surface area contributed by atoms with Crippen molar-refractivity contribution >= 4 is 19.3 Å². The van der Waals surface area contributed by atoms with Crippen LogP contribution in [0.4, 0.5) is 13.2 Å². The van der Waals surface area contributed by atoms with E-state index in [-0.39, 0.29) is 0 Å². The summed E-state index contributed by atoms with van der Waals surface area (Å²) in [5, 5.41) is 0. The van der Waals surface area contributed by atoms with Crippen LogP contribution in [0.3, 0.4) is 0 Å². The van der Waals surface area contributed by atoms with E-state index in [1.54, 1.807) is 6.33 Å². The van der Waals surface area contributed by atoms with Crippen molar-refractivity contribution in [3.05, 3.63) is 30.1 Å². The summed E-state index contributed by atoms with van der Waals surface area (Å²) in [6, 6.07) is 3.68. The molecule has 1 aromatic carbocycles. The van der Waals surface area contributed by atoms with Gasteiger partial charge in [-0.15, -0.1) is 0 Å². The molecule has 17 heavy (non-hydrogen) atoms. The Morgan fingerprint density at radius 2 is 1.82 bits per heavy atom. The summed E-state index contributed by atoms with van der Waals surface area (Å²) in [7, 11) is -1.74. The van der Waals surface area contributed by atoms with E-state index < -0.39 is 20.0 Å². The Morgan fingerprint density at radius 3 is 2.35 bits per heavy atom. The van der Waals surface area contributed by atoms with Crippen LogP contribution in [-0.2, 0) is 6.18 Å². The van der Waals surface area contributed by atoms with Crippen molar-refractivity contribution in [2.75, 3.05) is 0 Å². The van der Waals surface area contributed by atoms with Gasteiger partial charge in [-0.2, -0.15) is 13.2 Å². The molecule has 0 fully saturated rings. The minimum atomic E-state index is -4.30. The van der Waals surface area contributed by atoms with Crippen molar-refractivity contribution in [3.63, 3.8) is 0 Å². The van der Waals surface area contributed by atoms with Gasteiger partial charge in [-0.3, -0.25) is 0 Å². The zero-order chi connectivity index (χ0) is 12.8. The first-order chi connectivity index (χ1) is 7.69. The quantitative estimate of drug-likeness (QED) is 0.712. The van der Waals surface area contributed by atoms with E-state index in [0.717, 1.165) is 6.07 Å². The predicted molar refractivity (Wildman–Crippen MR) is 63.5 cm³/mol.